The number of rotatable bonds is 24. The van der Waals surface area contributed by atoms with Crippen molar-refractivity contribution in [2.45, 2.75) is 162 Å². The number of carbonyl (C=O) groups is 2. The van der Waals surface area contributed by atoms with Crippen LogP contribution in [0.15, 0.2) is 0 Å². The second-order valence-electron chi connectivity index (χ2n) is 10.2. The zero-order chi connectivity index (χ0) is 23.9. The maximum Gasteiger partial charge on any atom is 1.00 e. The van der Waals surface area contributed by atoms with Crippen molar-refractivity contribution in [3.63, 3.8) is 0 Å². The van der Waals surface area contributed by atoms with Crippen molar-refractivity contribution in [2.24, 2.45) is 5.92 Å². The van der Waals surface area contributed by atoms with Crippen molar-refractivity contribution in [1.29, 1.82) is 0 Å². The quantitative estimate of drug-likeness (QED) is 0.169. The molecule has 1 atom stereocenters. The first kappa shape index (κ1) is 35.1. The van der Waals surface area contributed by atoms with Crippen LogP contribution in [0.2, 0.25) is 0 Å². The Morgan fingerprint density at radius 1 is 0.636 bits per heavy atom. The number of amides is 1. The van der Waals surface area contributed by atoms with Gasteiger partial charge in [-0.1, -0.05) is 136 Å². The molecule has 0 bridgehead atoms. The van der Waals surface area contributed by atoms with Crippen LogP contribution >= 0.6 is 0 Å². The van der Waals surface area contributed by atoms with E-state index in [9.17, 15) is 14.7 Å². The number of carbonyl (C=O) groups excluding carboxylic acids is 2. The molecule has 0 aliphatic rings. The third-order valence-corrected chi connectivity index (χ3v) is 6.33. The molecule has 4 nitrogen and oxygen atoms in total. The Kier molecular flexibility index (Phi) is 28.2. The van der Waals surface area contributed by atoms with Crippen molar-refractivity contribution in [1.82, 2.24) is 5.32 Å². The van der Waals surface area contributed by atoms with Gasteiger partial charge in [0, 0.05) is 6.42 Å². The normalized spacial score (nSPS) is 11.9. The van der Waals surface area contributed by atoms with Crippen molar-refractivity contribution >= 4 is 11.9 Å². The van der Waals surface area contributed by atoms with Gasteiger partial charge in [-0.15, -0.1) is 0 Å². The van der Waals surface area contributed by atoms with Crippen LogP contribution in [-0.4, -0.2) is 17.9 Å². The van der Waals surface area contributed by atoms with Gasteiger partial charge in [0.25, 0.3) is 0 Å². The molecule has 0 saturated carbocycles. The Morgan fingerprint density at radius 3 is 1.27 bits per heavy atom. The summed E-state index contributed by atoms with van der Waals surface area (Å²) in [6.45, 7) is 6.17. The largest absolute Gasteiger partial charge is 1.00 e. The maximum atomic E-state index is 11.9. The minimum Gasteiger partial charge on any atom is -0.548 e. The first-order chi connectivity index (χ1) is 15.5. The van der Waals surface area contributed by atoms with Gasteiger partial charge in [0.05, 0.1) is 12.0 Å². The maximum absolute atomic E-state index is 11.9. The number of hydrogen-bond acceptors (Lipinski definition) is 3. The molecule has 0 saturated heterocycles. The number of hydrogen-bond donors (Lipinski definition) is 1. The molecular weight excluding hydrogens is 421 g/mol. The smallest absolute Gasteiger partial charge is 0.548 e. The molecule has 0 spiro atoms. The van der Waals surface area contributed by atoms with E-state index in [2.05, 4.69) is 12.2 Å². The number of carboxylic acids is 1. The summed E-state index contributed by atoms with van der Waals surface area (Å²) in [5, 5.41) is 13.7. The van der Waals surface area contributed by atoms with E-state index in [0.29, 0.717) is 12.8 Å². The second kappa shape index (κ2) is 26.5. The van der Waals surface area contributed by atoms with Crippen LogP contribution in [0, 0.1) is 5.92 Å². The molecule has 1 amide bonds. The van der Waals surface area contributed by atoms with Gasteiger partial charge in [-0.3, -0.25) is 4.79 Å². The van der Waals surface area contributed by atoms with Gasteiger partial charge in [-0.25, -0.2) is 0 Å². The average molecular weight is 476 g/mol. The van der Waals surface area contributed by atoms with E-state index in [1.54, 1.807) is 0 Å². The molecule has 0 aromatic rings. The van der Waals surface area contributed by atoms with Crippen molar-refractivity contribution in [2.75, 3.05) is 0 Å². The Labute approximate surface area is 228 Å². The monoisotopic (exact) mass is 475 g/mol. The Balaban J connectivity index is 0. The summed E-state index contributed by atoms with van der Waals surface area (Å²) < 4.78 is 0. The Morgan fingerprint density at radius 2 is 0.970 bits per heavy atom. The van der Waals surface area contributed by atoms with Crippen LogP contribution in [0.4, 0.5) is 0 Å². The zero-order valence-corrected chi connectivity index (χ0v) is 24.7. The molecule has 0 aliphatic carbocycles. The van der Waals surface area contributed by atoms with Crippen LogP contribution in [-0.2, 0) is 9.59 Å². The zero-order valence-electron chi connectivity index (χ0n) is 22.7. The molecule has 0 fully saturated rings. The summed E-state index contributed by atoms with van der Waals surface area (Å²) in [5.41, 5.74) is 0. The molecule has 1 N–H and O–H groups in total. The van der Waals surface area contributed by atoms with E-state index in [-0.39, 0.29) is 41.4 Å². The van der Waals surface area contributed by atoms with Crippen LogP contribution in [0.3, 0.4) is 0 Å². The minimum absolute atomic E-state index is 0. The third-order valence-electron chi connectivity index (χ3n) is 6.33. The summed E-state index contributed by atoms with van der Waals surface area (Å²) in [5.74, 6) is -1.12. The van der Waals surface area contributed by atoms with Crippen LogP contribution < -0.4 is 40.0 Å². The van der Waals surface area contributed by atoms with Crippen LogP contribution in [0.25, 0.3) is 0 Å². The summed E-state index contributed by atoms with van der Waals surface area (Å²) in [6.07, 6.45) is 26.1. The van der Waals surface area contributed by atoms with Crippen molar-refractivity contribution in [3.8, 4) is 0 Å². The average Bonchev–Trinajstić information content (AvgIpc) is 2.74. The SMILES string of the molecule is CCCCCCCCCCCCCCCCCCCCCC(=O)N[C@@H](CC(C)C)C(=O)[O-].[Na+]. The Bertz CT molecular complexity index is 443. The molecule has 33 heavy (non-hydrogen) atoms. The van der Waals surface area contributed by atoms with Gasteiger partial charge in [0.15, 0.2) is 0 Å². The fourth-order valence-electron chi connectivity index (χ4n) is 4.32. The predicted octanol–water partition coefficient (Wildman–Crippen LogP) is 4.09. The second-order valence-corrected chi connectivity index (χ2v) is 10.2. The van der Waals surface area contributed by atoms with E-state index in [1.165, 1.54) is 109 Å². The van der Waals surface area contributed by atoms with Gasteiger partial charge in [-0.05, 0) is 18.8 Å². The molecule has 0 aromatic carbocycles. The molecule has 0 rings (SSSR count). The minimum atomic E-state index is -1.18. The summed E-state index contributed by atoms with van der Waals surface area (Å²) >= 11 is 0. The molecule has 0 unspecified atom stereocenters. The van der Waals surface area contributed by atoms with E-state index in [4.69, 9.17) is 0 Å². The van der Waals surface area contributed by atoms with E-state index >= 15 is 0 Å². The topological polar surface area (TPSA) is 69.2 Å². The first-order valence-electron chi connectivity index (χ1n) is 14.0. The van der Waals surface area contributed by atoms with Crippen LogP contribution in [0.1, 0.15) is 156 Å². The predicted molar refractivity (Wildman–Crippen MR) is 134 cm³/mol. The van der Waals surface area contributed by atoms with Gasteiger partial charge < -0.3 is 15.2 Å². The molecule has 0 radical (unpaired) electrons. The summed E-state index contributed by atoms with van der Waals surface area (Å²) in [6, 6.07) is -0.858. The fourth-order valence-corrected chi connectivity index (χ4v) is 4.32. The Hall–Kier alpha value is -0.0600. The number of nitrogens with one attached hydrogen (secondary N) is 1. The van der Waals surface area contributed by atoms with Crippen molar-refractivity contribution in [3.05, 3.63) is 0 Å². The standard InChI is InChI=1S/C28H55NO3.Na/c1-4-5-6-7-8-9-10-11-12-13-14-15-16-17-18-19-20-21-22-23-27(30)29-26(28(31)32)24-25(2)3;/h25-26H,4-24H2,1-3H3,(H,29,30)(H,31,32);/q;+1/p-1/t26-;/m0./s1. The molecule has 190 valence electrons. The number of carboxylic acid groups (broad SMARTS) is 1. The summed E-state index contributed by atoms with van der Waals surface area (Å²) in [7, 11) is 0. The molecule has 5 heteroatoms. The van der Waals surface area contributed by atoms with Gasteiger partial charge in [0.2, 0.25) is 5.91 Å². The van der Waals surface area contributed by atoms with Gasteiger partial charge in [-0.2, -0.15) is 0 Å². The van der Waals surface area contributed by atoms with E-state index in [0.717, 1.165) is 12.8 Å². The van der Waals surface area contributed by atoms with Crippen LogP contribution in [0.5, 0.6) is 0 Å². The first-order valence-corrected chi connectivity index (χ1v) is 14.0. The number of unbranched alkanes of at least 4 members (excludes halogenated alkanes) is 18. The molecule has 0 aliphatic heterocycles. The van der Waals surface area contributed by atoms with Crippen molar-refractivity contribution < 1.29 is 44.3 Å². The fraction of sp³-hybridized carbons (Fsp3) is 0.929. The molecule has 0 heterocycles. The van der Waals surface area contributed by atoms with Gasteiger partial charge in [0.1, 0.15) is 0 Å². The molecule has 0 aromatic heterocycles. The van der Waals surface area contributed by atoms with Gasteiger partial charge >= 0.3 is 29.6 Å². The van der Waals surface area contributed by atoms with E-state index in [1.807, 2.05) is 13.8 Å². The molecular formula is C28H54NNaO3. The summed E-state index contributed by atoms with van der Waals surface area (Å²) in [4.78, 5) is 23.0. The number of aliphatic carboxylic acids is 1. The van der Waals surface area contributed by atoms with E-state index < -0.39 is 12.0 Å². The third kappa shape index (κ3) is 26.4.